The average molecular weight is 147 g/mol. The summed E-state index contributed by atoms with van der Waals surface area (Å²) in [4.78, 5) is 15.1. The highest BCUT2D eigenvalue weighted by atomic mass is 16.8. The molecule has 0 aromatic heterocycles. The molecule has 0 saturated carbocycles. The number of carbonyl (C=O) groups is 1. The minimum atomic E-state index is -0.889. The average Bonchev–Trinajstić information content (AvgIpc) is 2.20. The first-order chi connectivity index (χ1) is 4.75. The summed E-state index contributed by atoms with van der Waals surface area (Å²) in [5, 5.41) is 18.0. The largest absolute Gasteiger partial charge is 0.371 e. The highest BCUT2D eigenvalue weighted by Crippen LogP contribution is 2.15. The van der Waals surface area contributed by atoms with Gasteiger partial charge in [-0.15, -0.1) is 0 Å². The maximum absolute atomic E-state index is 10.7. The van der Waals surface area contributed by atoms with Crippen molar-refractivity contribution in [3.05, 3.63) is 0 Å². The van der Waals surface area contributed by atoms with E-state index in [-0.39, 0.29) is 12.3 Å². The standard InChI is InChI=1S/C5H9NO4/c7-3-10-6-4(8)1-2-5(6)9/h4,7-8H,1-3H2. The zero-order chi connectivity index (χ0) is 7.56. The molecule has 0 aliphatic carbocycles. The van der Waals surface area contributed by atoms with Gasteiger partial charge in [-0.05, 0) is 0 Å². The van der Waals surface area contributed by atoms with Crippen molar-refractivity contribution in [1.29, 1.82) is 0 Å². The molecule has 1 saturated heterocycles. The van der Waals surface area contributed by atoms with Gasteiger partial charge in [-0.25, -0.2) is 4.84 Å². The number of hydroxylamine groups is 2. The van der Waals surface area contributed by atoms with Gasteiger partial charge < -0.3 is 10.2 Å². The van der Waals surface area contributed by atoms with Crippen LogP contribution in [-0.2, 0) is 9.63 Å². The monoisotopic (exact) mass is 147 g/mol. The summed E-state index contributed by atoms with van der Waals surface area (Å²) in [6.45, 7) is -0.581. The molecule has 5 heteroatoms. The van der Waals surface area contributed by atoms with Gasteiger partial charge in [0.25, 0.3) is 0 Å². The van der Waals surface area contributed by atoms with Crippen LogP contribution in [0.15, 0.2) is 0 Å². The molecule has 1 aliphatic rings. The molecule has 0 radical (unpaired) electrons. The van der Waals surface area contributed by atoms with Gasteiger partial charge in [0.15, 0.2) is 13.0 Å². The van der Waals surface area contributed by atoms with Gasteiger partial charge in [-0.2, -0.15) is 5.06 Å². The number of rotatable bonds is 2. The molecular formula is C5H9NO4. The molecule has 0 bridgehead atoms. The van der Waals surface area contributed by atoms with Crippen LogP contribution in [0.3, 0.4) is 0 Å². The van der Waals surface area contributed by atoms with Crippen molar-refractivity contribution in [1.82, 2.24) is 5.06 Å². The predicted molar refractivity (Wildman–Crippen MR) is 30.3 cm³/mol. The fourth-order valence-electron chi connectivity index (χ4n) is 0.866. The van der Waals surface area contributed by atoms with Crippen molar-refractivity contribution in [2.75, 3.05) is 6.79 Å². The molecule has 1 aliphatic heterocycles. The van der Waals surface area contributed by atoms with Crippen LogP contribution in [0.5, 0.6) is 0 Å². The Morgan fingerprint density at radius 1 is 1.80 bits per heavy atom. The summed E-state index contributed by atoms with van der Waals surface area (Å²) in [5.41, 5.74) is 0. The van der Waals surface area contributed by atoms with Crippen LogP contribution < -0.4 is 0 Å². The van der Waals surface area contributed by atoms with Gasteiger partial charge in [0, 0.05) is 12.8 Å². The van der Waals surface area contributed by atoms with E-state index in [1.165, 1.54) is 0 Å². The van der Waals surface area contributed by atoms with Gasteiger partial charge in [0.1, 0.15) is 0 Å². The first kappa shape index (κ1) is 7.46. The van der Waals surface area contributed by atoms with E-state index in [1.807, 2.05) is 0 Å². The second-order valence-electron chi connectivity index (χ2n) is 2.00. The van der Waals surface area contributed by atoms with Crippen molar-refractivity contribution in [3.63, 3.8) is 0 Å². The molecule has 2 N–H and O–H groups in total. The number of nitrogens with zero attached hydrogens (tertiary/aromatic N) is 1. The molecular weight excluding hydrogens is 138 g/mol. The van der Waals surface area contributed by atoms with Gasteiger partial charge >= 0.3 is 0 Å². The van der Waals surface area contributed by atoms with E-state index in [1.54, 1.807) is 0 Å². The third-order valence-corrected chi connectivity index (χ3v) is 1.33. The van der Waals surface area contributed by atoms with Crippen molar-refractivity contribution in [2.24, 2.45) is 0 Å². The normalized spacial score (nSPS) is 26.0. The fraction of sp³-hybridized carbons (Fsp3) is 0.800. The fourth-order valence-corrected chi connectivity index (χ4v) is 0.866. The van der Waals surface area contributed by atoms with Gasteiger partial charge in [-0.1, -0.05) is 0 Å². The third kappa shape index (κ3) is 1.26. The molecule has 1 rings (SSSR count). The summed E-state index contributed by atoms with van der Waals surface area (Å²) in [6, 6.07) is 0. The molecule has 1 heterocycles. The molecule has 0 spiro atoms. The van der Waals surface area contributed by atoms with Crippen LogP contribution in [0, 0.1) is 0 Å². The number of amides is 1. The Kier molecular flexibility index (Phi) is 2.21. The smallest absolute Gasteiger partial charge is 0.248 e. The maximum atomic E-state index is 10.7. The molecule has 0 aromatic carbocycles. The van der Waals surface area contributed by atoms with E-state index < -0.39 is 13.0 Å². The van der Waals surface area contributed by atoms with Gasteiger partial charge in [0.2, 0.25) is 5.91 Å². The summed E-state index contributed by atoms with van der Waals surface area (Å²) in [5.74, 6) is -0.290. The Morgan fingerprint density at radius 3 is 2.90 bits per heavy atom. The first-order valence-electron chi connectivity index (χ1n) is 2.99. The molecule has 58 valence electrons. The molecule has 1 unspecified atom stereocenters. The lowest BCUT2D eigenvalue weighted by Crippen LogP contribution is -2.33. The van der Waals surface area contributed by atoms with Crippen LogP contribution in [0.2, 0.25) is 0 Å². The molecule has 10 heavy (non-hydrogen) atoms. The van der Waals surface area contributed by atoms with Crippen molar-refractivity contribution in [3.8, 4) is 0 Å². The minimum Gasteiger partial charge on any atom is -0.371 e. The van der Waals surface area contributed by atoms with Gasteiger partial charge in [0.05, 0.1) is 0 Å². The second-order valence-corrected chi connectivity index (χ2v) is 2.00. The highest BCUT2D eigenvalue weighted by molar-refractivity contribution is 5.77. The number of aliphatic hydroxyl groups is 2. The van der Waals surface area contributed by atoms with E-state index in [0.29, 0.717) is 6.42 Å². The topological polar surface area (TPSA) is 70.0 Å². The zero-order valence-corrected chi connectivity index (χ0v) is 5.36. The minimum absolute atomic E-state index is 0.279. The van der Waals surface area contributed by atoms with Crippen LogP contribution >= 0.6 is 0 Å². The van der Waals surface area contributed by atoms with E-state index in [0.717, 1.165) is 5.06 Å². The first-order valence-corrected chi connectivity index (χ1v) is 2.99. The Labute approximate surface area is 57.8 Å². The van der Waals surface area contributed by atoms with E-state index in [9.17, 15) is 4.79 Å². The number of carbonyl (C=O) groups excluding carboxylic acids is 1. The number of aliphatic hydroxyl groups excluding tert-OH is 2. The molecule has 0 aromatic rings. The lowest BCUT2D eigenvalue weighted by molar-refractivity contribution is -0.247. The predicted octanol–water partition coefficient (Wildman–Crippen LogP) is -1.19. The van der Waals surface area contributed by atoms with Crippen LogP contribution in [0.1, 0.15) is 12.8 Å². The van der Waals surface area contributed by atoms with Crippen molar-refractivity contribution in [2.45, 2.75) is 19.1 Å². The van der Waals surface area contributed by atoms with E-state index in [4.69, 9.17) is 10.2 Å². The SMILES string of the molecule is O=C1CCC(O)N1OCO. The Morgan fingerprint density at radius 2 is 2.50 bits per heavy atom. The van der Waals surface area contributed by atoms with E-state index >= 15 is 0 Å². The highest BCUT2D eigenvalue weighted by Gasteiger charge is 2.29. The number of hydrogen-bond donors (Lipinski definition) is 2. The molecule has 5 nitrogen and oxygen atoms in total. The number of hydrogen-bond acceptors (Lipinski definition) is 4. The Bertz CT molecular complexity index is 138. The van der Waals surface area contributed by atoms with Crippen LogP contribution in [0.4, 0.5) is 0 Å². The summed E-state index contributed by atoms with van der Waals surface area (Å²) < 4.78 is 0. The van der Waals surface area contributed by atoms with E-state index in [2.05, 4.69) is 4.84 Å². The summed E-state index contributed by atoms with van der Waals surface area (Å²) in [7, 11) is 0. The summed E-state index contributed by atoms with van der Waals surface area (Å²) in [6.07, 6.45) is -0.236. The van der Waals surface area contributed by atoms with Gasteiger partial charge in [-0.3, -0.25) is 4.79 Å². The Balaban J connectivity index is 2.46. The quantitative estimate of drug-likeness (QED) is 0.482. The molecule has 1 atom stereocenters. The lowest BCUT2D eigenvalue weighted by atomic mass is 10.4. The Hall–Kier alpha value is -0.650. The zero-order valence-electron chi connectivity index (χ0n) is 5.36. The second kappa shape index (κ2) is 2.96. The lowest BCUT2D eigenvalue weighted by Gasteiger charge is -2.17. The van der Waals surface area contributed by atoms with Crippen molar-refractivity contribution < 1.29 is 19.8 Å². The summed E-state index contributed by atoms with van der Waals surface area (Å²) >= 11 is 0. The molecule has 1 amide bonds. The van der Waals surface area contributed by atoms with Crippen molar-refractivity contribution >= 4 is 5.91 Å². The van der Waals surface area contributed by atoms with Crippen LogP contribution in [0.25, 0.3) is 0 Å². The maximum Gasteiger partial charge on any atom is 0.248 e. The van der Waals surface area contributed by atoms with Crippen LogP contribution in [-0.4, -0.2) is 34.2 Å². The third-order valence-electron chi connectivity index (χ3n) is 1.33. The molecule has 1 fully saturated rings.